The first kappa shape index (κ1) is 15.8. The normalized spacial score (nSPS) is 16.1. The van der Waals surface area contributed by atoms with Gasteiger partial charge in [-0.25, -0.2) is 0 Å². The van der Waals surface area contributed by atoms with Crippen molar-refractivity contribution in [2.45, 2.75) is 39.7 Å². The van der Waals surface area contributed by atoms with Crippen molar-refractivity contribution in [1.82, 2.24) is 4.90 Å². The maximum absolute atomic E-state index is 11.7. The largest absolute Gasteiger partial charge is 0.466 e. The van der Waals surface area contributed by atoms with Crippen molar-refractivity contribution in [3.63, 3.8) is 0 Å². The summed E-state index contributed by atoms with van der Waals surface area (Å²) >= 11 is 0. The van der Waals surface area contributed by atoms with Gasteiger partial charge in [0.15, 0.2) is 0 Å². The van der Waals surface area contributed by atoms with Crippen LogP contribution < -0.4 is 0 Å². The van der Waals surface area contributed by atoms with Crippen LogP contribution in [-0.4, -0.2) is 30.6 Å². The Balaban J connectivity index is 1.97. The van der Waals surface area contributed by atoms with Crippen molar-refractivity contribution >= 4 is 5.97 Å². The van der Waals surface area contributed by atoms with Gasteiger partial charge in [-0.15, -0.1) is 0 Å². The lowest BCUT2D eigenvalue weighted by atomic mass is 9.95. The van der Waals surface area contributed by atoms with Gasteiger partial charge in [-0.2, -0.15) is 0 Å². The molecule has 0 fully saturated rings. The Labute approximate surface area is 127 Å². The Morgan fingerprint density at radius 3 is 2.62 bits per heavy atom. The zero-order chi connectivity index (χ0) is 15.1. The zero-order valence-electron chi connectivity index (χ0n) is 13.1. The molecule has 1 aliphatic rings. The molecule has 3 heteroatoms. The number of benzene rings is 1. The Bertz CT molecular complexity index is 493. The number of hydrogen-bond donors (Lipinski definition) is 0. The molecule has 0 amide bonds. The Morgan fingerprint density at radius 1 is 1.19 bits per heavy atom. The molecule has 0 spiro atoms. The number of nitrogens with zero attached hydrogens (tertiary/aromatic N) is 1. The Hall–Kier alpha value is -1.61. The second-order valence-electron chi connectivity index (χ2n) is 5.49. The molecular weight excluding hydrogens is 262 g/mol. The van der Waals surface area contributed by atoms with Gasteiger partial charge in [0.05, 0.1) is 13.0 Å². The fourth-order valence-corrected chi connectivity index (χ4v) is 2.87. The third-order valence-electron chi connectivity index (χ3n) is 3.98. The van der Waals surface area contributed by atoms with E-state index < -0.39 is 0 Å². The summed E-state index contributed by atoms with van der Waals surface area (Å²) in [7, 11) is 0. The first-order chi connectivity index (χ1) is 10.2. The van der Waals surface area contributed by atoms with Crippen molar-refractivity contribution in [1.29, 1.82) is 0 Å². The molecule has 0 atom stereocenters. The number of carbonyl (C=O) groups is 1. The molecule has 1 aromatic carbocycles. The van der Waals surface area contributed by atoms with Gasteiger partial charge in [0.2, 0.25) is 0 Å². The summed E-state index contributed by atoms with van der Waals surface area (Å²) in [5.74, 6) is -0.0880. The Kier molecular flexibility index (Phi) is 6.00. The molecule has 0 N–H and O–H groups in total. The van der Waals surface area contributed by atoms with E-state index in [1.54, 1.807) is 0 Å². The molecule has 114 valence electrons. The predicted octanol–water partition coefficient (Wildman–Crippen LogP) is 3.55. The van der Waals surface area contributed by atoms with Crippen LogP contribution in [0.15, 0.2) is 41.5 Å². The van der Waals surface area contributed by atoms with Crippen LogP contribution in [0.3, 0.4) is 0 Å². The van der Waals surface area contributed by atoms with Crippen LogP contribution in [0.1, 0.15) is 38.7 Å². The highest BCUT2D eigenvalue weighted by molar-refractivity contribution is 5.72. The molecule has 21 heavy (non-hydrogen) atoms. The van der Waals surface area contributed by atoms with Crippen molar-refractivity contribution in [2.24, 2.45) is 0 Å². The van der Waals surface area contributed by atoms with E-state index >= 15 is 0 Å². The van der Waals surface area contributed by atoms with Crippen LogP contribution in [0.2, 0.25) is 0 Å². The molecule has 1 heterocycles. The molecule has 0 unspecified atom stereocenters. The van der Waals surface area contributed by atoms with Gasteiger partial charge in [-0.05, 0) is 25.3 Å². The summed E-state index contributed by atoms with van der Waals surface area (Å²) in [4.78, 5) is 14.1. The number of carbonyl (C=O) groups excluding carboxylic acids is 1. The van der Waals surface area contributed by atoms with E-state index in [4.69, 9.17) is 4.74 Å². The van der Waals surface area contributed by atoms with Crippen LogP contribution in [0, 0.1) is 0 Å². The maximum Gasteiger partial charge on any atom is 0.309 e. The number of ether oxygens (including phenoxy) is 1. The third-order valence-corrected chi connectivity index (χ3v) is 3.98. The van der Waals surface area contributed by atoms with Gasteiger partial charge in [0.1, 0.15) is 0 Å². The smallest absolute Gasteiger partial charge is 0.309 e. The minimum absolute atomic E-state index is 0.0880. The highest BCUT2D eigenvalue weighted by Crippen LogP contribution is 2.24. The van der Waals surface area contributed by atoms with Crippen LogP contribution in [-0.2, 0) is 16.1 Å². The summed E-state index contributed by atoms with van der Waals surface area (Å²) in [6, 6.07) is 10.6. The van der Waals surface area contributed by atoms with Gasteiger partial charge < -0.3 is 4.74 Å². The van der Waals surface area contributed by atoms with E-state index in [9.17, 15) is 4.79 Å². The van der Waals surface area contributed by atoms with Crippen molar-refractivity contribution in [3.05, 3.63) is 47.0 Å². The highest BCUT2D eigenvalue weighted by atomic mass is 16.5. The van der Waals surface area contributed by atoms with Crippen molar-refractivity contribution in [3.8, 4) is 0 Å². The van der Waals surface area contributed by atoms with E-state index in [1.807, 2.05) is 6.92 Å². The molecule has 0 radical (unpaired) electrons. The van der Waals surface area contributed by atoms with Gasteiger partial charge in [-0.3, -0.25) is 9.69 Å². The minimum Gasteiger partial charge on any atom is -0.466 e. The van der Waals surface area contributed by atoms with Crippen LogP contribution in [0.4, 0.5) is 0 Å². The second-order valence-corrected chi connectivity index (χ2v) is 5.49. The molecule has 2 rings (SSSR count). The lowest BCUT2D eigenvalue weighted by Crippen LogP contribution is -2.31. The van der Waals surface area contributed by atoms with Gasteiger partial charge in [-0.1, -0.05) is 48.4 Å². The van der Waals surface area contributed by atoms with Gasteiger partial charge in [0, 0.05) is 19.6 Å². The summed E-state index contributed by atoms with van der Waals surface area (Å²) < 4.78 is 5.07. The van der Waals surface area contributed by atoms with E-state index in [0.717, 1.165) is 32.5 Å². The van der Waals surface area contributed by atoms with Crippen LogP contribution in [0.25, 0.3) is 0 Å². The summed E-state index contributed by atoms with van der Waals surface area (Å²) in [6.45, 7) is 7.47. The second kappa shape index (κ2) is 7.99. The lowest BCUT2D eigenvalue weighted by Gasteiger charge is -2.30. The van der Waals surface area contributed by atoms with Crippen LogP contribution >= 0.6 is 0 Å². The monoisotopic (exact) mass is 287 g/mol. The molecule has 0 aromatic heterocycles. The standard InChI is InChI=1S/C18H25NO2/c1-3-16-14-19(13-15-8-6-5-7-9-15)11-10-17(16)12-18(20)21-4-2/h5-9H,3-4,10-14H2,1-2H3. The average molecular weight is 287 g/mol. The van der Waals surface area contributed by atoms with E-state index in [-0.39, 0.29) is 5.97 Å². The zero-order valence-corrected chi connectivity index (χ0v) is 13.1. The summed E-state index contributed by atoms with van der Waals surface area (Å²) in [5, 5.41) is 0. The van der Waals surface area contributed by atoms with E-state index in [0.29, 0.717) is 13.0 Å². The molecule has 0 bridgehead atoms. The molecule has 0 aliphatic carbocycles. The molecule has 1 aliphatic heterocycles. The van der Waals surface area contributed by atoms with Crippen molar-refractivity contribution < 1.29 is 9.53 Å². The molecule has 0 saturated heterocycles. The van der Waals surface area contributed by atoms with Gasteiger partial charge in [0.25, 0.3) is 0 Å². The Morgan fingerprint density at radius 2 is 1.95 bits per heavy atom. The number of rotatable bonds is 6. The molecule has 3 nitrogen and oxygen atoms in total. The quantitative estimate of drug-likeness (QED) is 0.592. The van der Waals surface area contributed by atoms with E-state index in [1.165, 1.54) is 16.7 Å². The molecular formula is C18H25NO2. The third kappa shape index (κ3) is 4.71. The lowest BCUT2D eigenvalue weighted by molar-refractivity contribution is -0.142. The van der Waals surface area contributed by atoms with Crippen LogP contribution in [0.5, 0.6) is 0 Å². The maximum atomic E-state index is 11.7. The summed E-state index contributed by atoms with van der Waals surface area (Å²) in [6.07, 6.45) is 2.46. The van der Waals surface area contributed by atoms with Gasteiger partial charge >= 0.3 is 5.97 Å². The average Bonchev–Trinajstić information content (AvgIpc) is 2.50. The van der Waals surface area contributed by atoms with E-state index in [2.05, 4.69) is 42.2 Å². The highest BCUT2D eigenvalue weighted by Gasteiger charge is 2.20. The first-order valence-corrected chi connectivity index (χ1v) is 7.84. The predicted molar refractivity (Wildman–Crippen MR) is 84.9 cm³/mol. The molecule has 0 saturated carbocycles. The molecule has 1 aromatic rings. The minimum atomic E-state index is -0.0880. The fraction of sp³-hybridized carbons (Fsp3) is 0.500. The SMILES string of the molecule is CCOC(=O)CC1=C(CC)CN(Cc2ccccc2)CC1. The number of esters is 1. The van der Waals surface area contributed by atoms with Crippen molar-refractivity contribution in [2.75, 3.05) is 19.7 Å². The summed E-state index contributed by atoms with van der Waals surface area (Å²) in [5.41, 5.74) is 4.05. The number of hydrogen-bond acceptors (Lipinski definition) is 3. The topological polar surface area (TPSA) is 29.5 Å². The fourth-order valence-electron chi connectivity index (χ4n) is 2.87. The first-order valence-electron chi connectivity index (χ1n) is 7.84.